The molecule has 0 fully saturated rings. The van der Waals surface area contributed by atoms with Crippen LogP contribution in [0.3, 0.4) is 0 Å². The maximum Gasteiger partial charge on any atom is 0.435 e. The third-order valence-electron chi connectivity index (χ3n) is 3.39. The number of sulfonamides is 1. The number of hydrogen-bond acceptors (Lipinski definition) is 3. The fourth-order valence-corrected chi connectivity index (χ4v) is 3.31. The van der Waals surface area contributed by atoms with Crippen molar-refractivity contribution in [1.29, 1.82) is 0 Å². The highest BCUT2D eigenvalue weighted by Gasteiger charge is 2.33. The molecule has 10 heteroatoms. The van der Waals surface area contributed by atoms with Crippen LogP contribution < -0.4 is 4.72 Å². The summed E-state index contributed by atoms with van der Waals surface area (Å²) in [5.41, 5.74) is -0.396. The Balaban J connectivity index is 1.79. The molecule has 0 aliphatic rings. The van der Waals surface area contributed by atoms with E-state index < -0.39 is 21.9 Å². The van der Waals surface area contributed by atoms with Gasteiger partial charge in [-0.3, -0.25) is 4.72 Å². The second kappa shape index (κ2) is 6.65. The molecule has 0 radical (unpaired) electrons. The lowest BCUT2D eigenvalue weighted by atomic mass is 10.3. The maximum absolute atomic E-state index is 12.6. The van der Waals surface area contributed by atoms with E-state index in [0.717, 1.165) is 10.7 Å². The third-order valence-corrected chi connectivity index (χ3v) is 5.04. The van der Waals surface area contributed by atoms with Gasteiger partial charge < -0.3 is 0 Å². The molecule has 0 spiro atoms. The Morgan fingerprint density at radius 2 is 1.58 bits per heavy atom. The molecule has 26 heavy (non-hydrogen) atoms. The van der Waals surface area contributed by atoms with Gasteiger partial charge in [0.25, 0.3) is 10.0 Å². The molecule has 0 saturated heterocycles. The Morgan fingerprint density at radius 3 is 2.12 bits per heavy atom. The summed E-state index contributed by atoms with van der Waals surface area (Å²) in [6.45, 7) is 0. The van der Waals surface area contributed by atoms with Crippen molar-refractivity contribution in [3.05, 3.63) is 71.5 Å². The Kier molecular flexibility index (Phi) is 4.68. The van der Waals surface area contributed by atoms with Crippen molar-refractivity contribution in [3.8, 4) is 5.69 Å². The zero-order valence-corrected chi connectivity index (χ0v) is 14.5. The van der Waals surface area contributed by atoms with Crippen LogP contribution in [-0.2, 0) is 16.2 Å². The Hall–Kier alpha value is -2.52. The fraction of sp³-hybridized carbons (Fsp3) is 0.0625. The number of aromatic nitrogens is 2. The predicted molar refractivity (Wildman–Crippen MR) is 90.8 cm³/mol. The molecular weight excluding hydrogens is 391 g/mol. The molecule has 0 aliphatic heterocycles. The molecule has 3 rings (SSSR count). The van der Waals surface area contributed by atoms with Gasteiger partial charge in [-0.25, -0.2) is 13.1 Å². The van der Waals surface area contributed by atoms with Crippen molar-refractivity contribution in [2.45, 2.75) is 11.1 Å². The van der Waals surface area contributed by atoms with Crippen molar-refractivity contribution >= 4 is 27.3 Å². The summed E-state index contributed by atoms with van der Waals surface area (Å²) < 4.78 is 65.8. The summed E-state index contributed by atoms with van der Waals surface area (Å²) in [5.74, 6) is 0. The van der Waals surface area contributed by atoms with E-state index in [-0.39, 0.29) is 10.6 Å². The normalized spacial score (nSPS) is 12.2. The molecule has 1 aromatic heterocycles. The summed E-state index contributed by atoms with van der Waals surface area (Å²) in [6, 6.07) is 12.2. The van der Waals surface area contributed by atoms with Gasteiger partial charge >= 0.3 is 6.18 Å². The van der Waals surface area contributed by atoms with Crippen molar-refractivity contribution in [1.82, 2.24) is 9.78 Å². The molecular formula is C16H11ClF3N3O2S. The smallest absolute Gasteiger partial charge is 0.280 e. The van der Waals surface area contributed by atoms with E-state index in [9.17, 15) is 21.6 Å². The standard InChI is InChI=1S/C16H11ClF3N3O2S/c17-11-1-7-14(8-2-11)26(24,25)22-12-3-5-13(6-4-12)23-10-9-15(21-23)16(18,19)20/h1-10,22H. The Bertz CT molecular complexity index is 1010. The molecule has 3 aromatic rings. The van der Waals surface area contributed by atoms with Gasteiger partial charge in [0, 0.05) is 16.9 Å². The molecule has 5 nitrogen and oxygen atoms in total. The molecule has 0 saturated carbocycles. The Labute approximate surface area is 152 Å². The van der Waals surface area contributed by atoms with Crippen molar-refractivity contribution in [2.24, 2.45) is 0 Å². The van der Waals surface area contributed by atoms with Crippen LogP contribution in [0, 0.1) is 0 Å². The zero-order valence-electron chi connectivity index (χ0n) is 12.9. The van der Waals surface area contributed by atoms with Crippen LogP contribution in [0.2, 0.25) is 5.02 Å². The van der Waals surface area contributed by atoms with E-state index in [1.807, 2.05) is 0 Å². The molecule has 136 valence electrons. The van der Waals surface area contributed by atoms with Gasteiger partial charge in [-0.05, 0) is 54.6 Å². The van der Waals surface area contributed by atoms with Gasteiger partial charge in [0.1, 0.15) is 0 Å². The summed E-state index contributed by atoms with van der Waals surface area (Å²) in [4.78, 5) is 0.0351. The van der Waals surface area contributed by atoms with E-state index >= 15 is 0 Å². The fourth-order valence-electron chi connectivity index (χ4n) is 2.13. The number of benzene rings is 2. The molecule has 0 atom stereocenters. The van der Waals surface area contributed by atoms with Crippen LogP contribution in [0.1, 0.15) is 5.69 Å². The monoisotopic (exact) mass is 401 g/mol. The number of nitrogens with zero attached hydrogens (tertiary/aromatic N) is 2. The first-order chi connectivity index (χ1) is 12.1. The van der Waals surface area contributed by atoms with Crippen LogP contribution >= 0.6 is 11.6 Å². The van der Waals surface area contributed by atoms with Crippen LogP contribution in [0.5, 0.6) is 0 Å². The lowest BCUT2D eigenvalue weighted by Gasteiger charge is -2.09. The van der Waals surface area contributed by atoms with E-state index in [1.165, 1.54) is 54.7 Å². The number of hydrogen-bond donors (Lipinski definition) is 1. The first kappa shape index (κ1) is 18.3. The van der Waals surface area contributed by atoms with Gasteiger partial charge in [-0.15, -0.1) is 0 Å². The minimum Gasteiger partial charge on any atom is -0.280 e. The van der Waals surface area contributed by atoms with Crippen molar-refractivity contribution < 1.29 is 21.6 Å². The lowest BCUT2D eigenvalue weighted by molar-refractivity contribution is -0.141. The minimum absolute atomic E-state index is 0.0351. The second-order valence-electron chi connectivity index (χ2n) is 5.25. The Morgan fingerprint density at radius 1 is 0.962 bits per heavy atom. The van der Waals surface area contributed by atoms with E-state index in [1.54, 1.807) is 0 Å². The molecule has 1 N–H and O–H groups in total. The van der Waals surface area contributed by atoms with Crippen LogP contribution in [0.25, 0.3) is 5.69 Å². The first-order valence-corrected chi connectivity index (χ1v) is 9.03. The number of alkyl halides is 3. The minimum atomic E-state index is -4.53. The largest absolute Gasteiger partial charge is 0.435 e. The summed E-state index contributed by atoms with van der Waals surface area (Å²) >= 11 is 5.73. The van der Waals surface area contributed by atoms with Crippen LogP contribution in [0.15, 0.2) is 65.7 Å². The molecule has 1 heterocycles. The highest BCUT2D eigenvalue weighted by molar-refractivity contribution is 7.92. The van der Waals surface area contributed by atoms with Crippen LogP contribution in [0.4, 0.5) is 18.9 Å². The highest BCUT2D eigenvalue weighted by atomic mass is 35.5. The topological polar surface area (TPSA) is 64.0 Å². The van der Waals surface area contributed by atoms with Gasteiger partial charge in [-0.2, -0.15) is 18.3 Å². The van der Waals surface area contributed by atoms with Crippen molar-refractivity contribution in [2.75, 3.05) is 4.72 Å². The first-order valence-electron chi connectivity index (χ1n) is 7.17. The number of rotatable bonds is 4. The van der Waals surface area contributed by atoms with Gasteiger partial charge in [-0.1, -0.05) is 11.6 Å². The van der Waals surface area contributed by atoms with Gasteiger partial charge in [0.05, 0.1) is 10.6 Å². The average molecular weight is 402 g/mol. The number of anilines is 1. The van der Waals surface area contributed by atoms with E-state index in [4.69, 9.17) is 11.6 Å². The zero-order chi connectivity index (χ0) is 18.9. The van der Waals surface area contributed by atoms with E-state index in [2.05, 4.69) is 9.82 Å². The molecule has 0 unspecified atom stereocenters. The summed E-state index contributed by atoms with van der Waals surface area (Å²) in [7, 11) is -3.80. The number of nitrogens with one attached hydrogen (secondary N) is 1. The molecule has 2 aromatic carbocycles. The predicted octanol–water partition coefficient (Wildman–Crippen LogP) is 4.35. The maximum atomic E-state index is 12.6. The molecule has 0 bridgehead atoms. The van der Waals surface area contributed by atoms with Gasteiger partial charge in [0.15, 0.2) is 5.69 Å². The lowest BCUT2D eigenvalue weighted by Crippen LogP contribution is -2.12. The SMILES string of the molecule is O=S(=O)(Nc1ccc(-n2ccc(C(F)(F)F)n2)cc1)c1ccc(Cl)cc1. The van der Waals surface area contributed by atoms with Crippen molar-refractivity contribution in [3.63, 3.8) is 0 Å². The second-order valence-corrected chi connectivity index (χ2v) is 7.37. The van der Waals surface area contributed by atoms with Crippen LogP contribution in [-0.4, -0.2) is 18.2 Å². The average Bonchev–Trinajstić information content (AvgIpc) is 3.06. The molecule has 0 amide bonds. The summed E-state index contributed by atoms with van der Waals surface area (Å²) in [6.07, 6.45) is -3.35. The third kappa shape index (κ3) is 4.00. The highest BCUT2D eigenvalue weighted by Crippen LogP contribution is 2.28. The number of halogens is 4. The summed E-state index contributed by atoms with van der Waals surface area (Å²) in [5, 5.41) is 3.86. The van der Waals surface area contributed by atoms with Gasteiger partial charge in [0.2, 0.25) is 0 Å². The quantitative estimate of drug-likeness (QED) is 0.707. The molecule has 0 aliphatic carbocycles. The van der Waals surface area contributed by atoms with E-state index in [0.29, 0.717) is 10.7 Å².